The van der Waals surface area contributed by atoms with Crippen molar-refractivity contribution in [3.05, 3.63) is 35.3 Å². The lowest BCUT2D eigenvalue weighted by Gasteiger charge is -2.35. The number of aryl methyl sites for hydroxylation is 2. The van der Waals surface area contributed by atoms with Gasteiger partial charge in [-0.05, 0) is 45.7 Å². The summed E-state index contributed by atoms with van der Waals surface area (Å²) in [5.41, 5.74) is 2.91. The molecule has 1 aliphatic heterocycles. The number of rotatable bonds is 8. The number of anilines is 1. The lowest BCUT2D eigenvalue weighted by Crippen LogP contribution is -2.46. The summed E-state index contributed by atoms with van der Waals surface area (Å²) in [6.07, 6.45) is 2.44. The molecule has 4 rings (SSSR count). The second-order valence-corrected chi connectivity index (χ2v) is 8.99. The number of methoxy groups -OCH3 is 2. The third kappa shape index (κ3) is 4.66. The Morgan fingerprint density at radius 3 is 2.53 bits per heavy atom. The second kappa shape index (κ2) is 10.6. The van der Waals surface area contributed by atoms with Gasteiger partial charge < -0.3 is 28.7 Å². The van der Waals surface area contributed by atoms with E-state index in [1.54, 1.807) is 18.1 Å². The number of hydrogen-bond donors (Lipinski definition) is 1. The van der Waals surface area contributed by atoms with Crippen molar-refractivity contribution >= 4 is 28.5 Å². The molecule has 1 atom stereocenters. The Morgan fingerprint density at radius 1 is 1.22 bits per heavy atom. The van der Waals surface area contributed by atoms with Gasteiger partial charge in [-0.2, -0.15) is 0 Å². The van der Waals surface area contributed by atoms with E-state index in [9.17, 15) is 14.7 Å². The van der Waals surface area contributed by atoms with Crippen LogP contribution in [0.3, 0.4) is 0 Å². The second-order valence-electron chi connectivity index (χ2n) is 8.99. The van der Waals surface area contributed by atoms with E-state index in [-0.39, 0.29) is 29.7 Å². The Labute approximate surface area is 209 Å². The Hall–Kier alpha value is -3.50. The highest BCUT2D eigenvalue weighted by molar-refractivity contribution is 6.12. The van der Waals surface area contributed by atoms with E-state index in [4.69, 9.17) is 18.7 Å². The molecule has 10 nitrogen and oxygen atoms in total. The number of aromatic nitrogens is 2. The summed E-state index contributed by atoms with van der Waals surface area (Å²) < 4.78 is 21.9. The maximum absolute atomic E-state index is 13.9. The molecule has 1 N–H and O–H groups in total. The molecule has 10 heteroatoms. The quantitative estimate of drug-likeness (QED) is 0.491. The van der Waals surface area contributed by atoms with Gasteiger partial charge in [0.2, 0.25) is 5.91 Å². The molecule has 1 aromatic carbocycles. The minimum atomic E-state index is -1.18. The molecule has 0 aliphatic carbocycles. The van der Waals surface area contributed by atoms with Gasteiger partial charge in [-0.15, -0.1) is 0 Å². The molecule has 2 aromatic heterocycles. The van der Waals surface area contributed by atoms with Gasteiger partial charge in [-0.3, -0.25) is 9.78 Å². The number of benzene rings is 1. The van der Waals surface area contributed by atoms with Crippen LogP contribution in [0.5, 0.6) is 5.75 Å². The molecule has 1 amide bonds. The van der Waals surface area contributed by atoms with E-state index >= 15 is 0 Å². The lowest BCUT2D eigenvalue weighted by atomic mass is 9.95. The van der Waals surface area contributed by atoms with E-state index in [1.165, 1.54) is 13.3 Å². The van der Waals surface area contributed by atoms with Crippen molar-refractivity contribution < 1.29 is 33.4 Å². The van der Waals surface area contributed by atoms with Crippen LogP contribution in [0.1, 0.15) is 41.6 Å². The summed E-state index contributed by atoms with van der Waals surface area (Å²) in [6.45, 7) is 6.69. The van der Waals surface area contributed by atoms with Crippen LogP contribution in [0.4, 0.5) is 5.69 Å². The first-order chi connectivity index (χ1) is 17.3. The molecule has 1 saturated heterocycles. The van der Waals surface area contributed by atoms with Crippen LogP contribution in [0.15, 0.2) is 22.9 Å². The number of carbonyl (C=O) groups is 2. The van der Waals surface area contributed by atoms with Crippen LogP contribution in [0.2, 0.25) is 0 Å². The highest BCUT2D eigenvalue weighted by atomic mass is 16.5. The van der Waals surface area contributed by atoms with Crippen molar-refractivity contribution in [3.63, 3.8) is 0 Å². The summed E-state index contributed by atoms with van der Waals surface area (Å²) in [4.78, 5) is 32.3. The number of carboxylic acid groups (broad SMARTS) is 1. The fourth-order valence-corrected chi connectivity index (χ4v) is 4.86. The maximum atomic E-state index is 13.9. The molecular formula is C26H31N3O7. The smallest absolute Gasteiger partial charge is 0.339 e. The number of ether oxygens (including phenoxy) is 3. The molecule has 0 saturated carbocycles. The number of pyridine rings is 1. The average molecular weight is 498 g/mol. The molecule has 0 spiro atoms. The van der Waals surface area contributed by atoms with Crippen molar-refractivity contribution in [3.8, 4) is 16.9 Å². The summed E-state index contributed by atoms with van der Waals surface area (Å²) in [5.74, 6) is -0.515. The van der Waals surface area contributed by atoms with Crippen LogP contribution in [-0.2, 0) is 14.3 Å². The van der Waals surface area contributed by atoms with Crippen molar-refractivity contribution in [1.29, 1.82) is 0 Å². The first kappa shape index (κ1) is 25.6. The van der Waals surface area contributed by atoms with Crippen LogP contribution < -0.4 is 9.64 Å². The summed E-state index contributed by atoms with van der Waals surface area (Å²) in [5, 5.41) is 14.6. The van der Waals surface area contributed by atoms with Crippen LogP contribution in [0.25, 0.3) is 22.0 Å². The largest absolute Gasteiger partial charge is 0.496 e. The summed E-state index contributed by atoms with van der Waals surface area (Å²) in [7, 11) is 3.09. The Kier molecular flexibility index (Phi) is 7.56. The molecule has 36 heavy (non-hydrogen) atoms. The van der Waals surface area contributed by atoms with Crippen molar-refractivity contribution in [2.75, 3.05) is 38.9 Å². The molecule has 0 radical (unpaired) electrons. The molecule has 3 aromatic rings. The SMILES string of the molecule is COC[C@@H](C)N(C(=O)C1CCOCC1)c1c(C(=O)O)cnc2cc(-c3c(C)noc3C)c(OC)cc12. The molecular weight excluding hydrogens is 466 g/mol. The molecule has 1 aliphatic rings. The zero-order chi connectivity index (χ0) is 26.0. The van der Waals surface area contributed by atoms with Gasteiger partial charge in [0.1, 0.15) is 17.1 Å². The first-order valence-corrected chi connectivity index (χ1v) is 11.9. The third-order valence-corrected chi connectivity index (χ3v) is 6.59. The fourth-order valence-electron chi connectivity index (χ4n) is 4.86. The number of carbonyl (C=O) groups excluding carboxylic acids is 1. The summed E-state index contributed by atoms with van der Waals surface area (Å²) in [6, 6.07) is 3.12. The van der Waals surface area contributed by atoms with Crippen molar-refractivity contribution in [2.24, 2.45) is 5.92 Å². The minimum absolute atomic E-state index is 0.0713. The molecule has 0 bridgehead atoms. The number of fused-ring (bicyclic) bond motifs is 1. The first-order valence-electron chi connectivity index (χ1n) is 11.9. The Morgan fingerprint density at radius 2 is 1.94 bits per heavy atom. The Balaban J connectivity index is 1.99. The molecule has 3 heterocycles. The van der Waals surface area contributed by atoms with E-state index < -0.39 is 12.0 Å². The lowest BCUT2D eigenvalue weighted by molar-refractivity contribution is -0.125. The molecule has 192 valence electrons. The van der Waals surface area contributed by atoms with Gasteiger partial charge >= 0.3 is 5.97 Å². The predicted octanol–water partition coefficient (Wildman–Crippen LogP) is 4.01. The van der Waals surface area contributed by atoms with E-state index in [0.717, 1.165) is 11.1 Å². The predicted molar refractivity (Wildman–Crippen MR) is 133 cm³/mol. The minimum Gasteiger partial charge on any atom is -0.496 e. The summed E-state index contributed by atoms with van der Waals surface area (Å²) >= 11 is 0. The number of aromatic carboxylic acids is 1. The number of nitrogens with zero attached hydrogens (tertiary/aromatic N) is 3. The number of hydrogen-bond acceptors (Lipinski definition) is 8. The highest BCUT2D eigenvalue weighted by Gasteiger charge is 2.34. The van der Waals surface area contributed by atoms with Gasteiger partial charge in [0, 0.05) is 43.4 Å². The van der Waals surface area contributed by atoms with Gasteiger partial charge in [0.15, 0.2) is 0 Å². The van der Waals surface area contributed by atoms with Gasteiger partial charge in [-0.1, -0.05) is 5.16 Å². The zero-order valence-electron chi connectivity index (χ0n) is 21.2. The van der Waals surface area contributed by atoms with E-state index in [0.29, 0.717) is 54.2 Å². The van der Waals surface area contributed by atoms with E-state index in [2.05, 4.69) is 10.1 Å². The van der Waals surface area contributed by atoms with E-state index in [1.807, 2.05) is 26.8 Å². The topological polar surface area (TPSA) is 124 Å². The van der Waals surface area contributed by atoms with Crippen molar-refractivity contribution in [2.45, 2.75) is 39.7 Å². The van der Waals surface area contributed by atoms with Crippen LogP contribution in [0, 0.1) is 19.8 Å². The van der Waals surface area contributed by atoms with Crippen LogP contribution >= 0.6 is 0 Å². The van der Waals surface area contributed by atoms with Crippen molar-refractivity contribution in [1.82, 2.24) is 10.1 Å². The average Bonchev–Trinajstić information content (AvgIpc) is 3.21. The molecule has 0 unspecified atom stereocenters. The Bertz CT molecular complexity index is 1260. The maximum Gasteiger partial charge on any atom is 0.339 e. The number of carboxylic acids is 1. The normalized spacial score (nSPS) is 15.1. The van der Waals surface area contributed by atoms with Gasteiger partial charge in [-0.25, -0.2) is 4.79 Å². The van der Waals surface area contributed by atoms with Crippen LogP contribution in [-0.4, -0.2) is 67.2 Å². The monoisotopic (exact) mass is 497 g/mol. The van der Waals surface area contributed by atoms with Gasteiger partial charge in [0.05, 0.1) is 42.2 Å². The fraction of sp³-hybridized carbons (Fsp3) is 0.462. The number of amides is 1. The molecule has 1 fully saturated rings. The standard InChI is InChI=1S/C26H31N3O7/c1-14(13-33-4)29(25(30)17-6-8-35-9-7-17)24-18-11-22(34-5)19(23-15(2)28-36-16(23)3)10-21(18)27-12-20(24)26(31)32/h10-12,14,17H,6-9,13H2,1-5H3,(H,31,32)/t14-/m1/s1. The van der Waals surface area contributed by atoms with Gasteiger partial charge in [0.25, 0.3) is 0 Å². The zero-order valence-corrected chi connectivity index (χ0v) is 21.2. The highest BCUT2D eigenvalue weighted by Crippen LogP contribution is 2.41. The third-order valence-electron chi connectivity index (χ3n) is 6.59.